The molecule has 0 fully saturated rings. The summed E-state index contributed by atoms with van der Waals surface area (Å²) in [5, 5.41) is 2.82. The molecule has 120 valence electrons. The molecule has 6 nitrogen and oxygen atoms in total. The third kappa shape index (κ3) is 3.01. The molecule has 2 aromatic carbocycles. The van der Waals surface area contributed by atoms with Crippen LogP contribution in [0.1, 0.15) is 5.56 Å². The lowest BCUT2D eigenvalue weighted by atomic mass is 10.0. The molecule has 0 saturated carbocycles. The van der Waals surface area contributed by atoms with Gasteiger partial charge in [0.05, 0.1) is 19.9 Å². The van der Waals surface area contributed by atoms with E-state index in [0.29, 0.717) is 35.0 Å². The zero-order valence-corrected chi connectivity index (χ0v) is 13.0. The molecule has 0 aliphatic carbocycles. The Morgan fingerprint density at radius 1 is 1.17 bits per heavy atom. The molecule has 1 aliphatic rings. The summed E-state index contributed by atoms with van der Waals surface area (Å²) in [6.45, 7) is 0. The Hall–Kier alpha value is -2.89. The summed E-state index contributed by atoms with van der Waals surface area (Å²) in [6, 6.07) is 10.6. The minimum absolute atomic E-state index is 0.207. The third-order valence-electron chi connectivity index (χ3n) is 3.72. The summed E-state index contributed by atoms with van der Waals surface area (Å²) >= 11 is 0. The Kier molecular flexibility index (Phi) is 3.97. The van der Waals surface area contributed by atoms with Gasteiger partial charge in [-0.2, -0.15) is 0 Å². The van der Waals surface area contributed by atoms with E-state index < -0.39 is 6.10 Å². The highest BCUT2D eigenvalue weighted by Gasteiger charge is 2.28. The predicted octanol–water partition coefficient (Wildman–Crippen LogP) is 2.23. The van der Waals surface area contributed by atoms with E-state index in [0.717, 1.165) is 5.56 Å². The van der Waals surface area contributed by atoms with Crippen molar-refractivity contribution in [3.05, 3.63) is 42.0 Å². The summed E-state index contributed by atoms with van der Waals surface area (Å²) in [5.41, 5.74) is 7.75. The Labute approximate surface area is 134 Å². The molecule has 1 unspecified atom stereocenters. The quantitative estimate of drug-likeness (QED) is 0.846. The van der Waals surface area contributed by atoms with E-state index in [9.17, 15) is 4.79 Å². The minimum Gasteiger partial charge on any atom is -0.497 e. The molecule has 1 heterocycles. The van der Waals surface area contributed by atoms with Crippen LogP contribution in [0.3, 0.4) is 0 Å². The van der Waals surface area contributed by atoms with Gasteiger partial charge in [0.1, 0.15) is 17.2 Å². The number of nitrogens with one attached hydrogen (secondary N) is 1. The highest BCUT2D eigenvalue weighted by molar-refractivity contribution is 5.98. The number of nitrogens with two attached hydrogens (primary N) is 1. The molecule has 0 radical (unpaired) electrons. The van der Waals surface area contributed by atoms with E-state index in [1.807, 2.05) is 12.1 Å². The number of benzene rings is 2. The van der Waals surface area contributed by atoms with E-state index in [2.05, 4.69) is 5.32 Å². The molecule has 0 saturated heterocycles. The number of amides is 1. The van der Waals surface area contributed by atoms with Crippen LogP contribution >= 0.6 is 0 Å². The van der Waals surface area contributed by atoms with Crippen molar-refractivity contribution in [2.45, 2.75) is 12.5 Å². The zero-order chi connectivity index (χ0) is 16.4. The number of carbonyl (C=O) groups excluding carboxylic acids is 1. The first kappa shape index (κ1) is 15.0. The van der Waals surface area contributed by atoms with Gasteiger partial charge in [-0.05, 0) is 29.8 Å². The maximum absolute atomic E-state index is 12.3. The minimum atomic E-state index is -0.631. The third-order valence-corrected chi connectivity index (χ3v) is 3.72. The van der Waals surface area contributed by atoms with Crippen molar-refractivity contribution < 1.29 is 19.0 Å². The number of hydrogen-bond acceptors (Lipinski definition) is 5. The van der Waals surface area contributed by atoms with Crippen LogP contribution in [0, 0.1) is 0 Å². The first-order valence-electron chi connectivity index (χ1n) is 7.18. The van der Waals surface area contributed by atoms with E-state index in [4.69, 9.17) is 19.9 Å². The maximum Gasteiger partial charge on any atom is 0.265 e. The van der Waals surface area contributed by atoms with Crippen molar-refractivity contribution in [1.29, 1.82) is 0 Å². The summed E-state index contributed by atoms with van der Waals surface area (Å²) in [7, 11) is 3.17. The monoisotopic (exact) mass is 314 g/mol. The molecule has 2 aromatic rings. The van der Waals surface area contributed by atoms with Gasteiger partial charge in [-0.25, -0.2) is 0 Å². The molecular formula is C17H18N2O4. The highest BCUT2D eigenvalue weighted by Crippen LogP contribution is 2.33. The standard InChI is InChI=1S/C17H18N2O4/c1-21-12-5-3-10(15(9-12)22-2)7-16-17(20)19-13-8-11(18)4-6-14(13)23-16/h3-6,8-9,16H,7,18H2,1-2H3,(H,19,20). The number of methoxy groups -OCH3 is 2. The summed E-state index contributed by atoms with van der Waals surface area (Å²) in [6.07, 6.45) is -0.239. The van der Waals surface area contributed by atoms with Crippen LogP contribution in [0.5, 0.6) is 17.2 Å². The number of nitrogen functional groups attached to an aromatic ring is 1. The molecule has 6 heteroatoms. The summed E-state index contributed by atoms with van der Waals surface area (Å²) < 4.78 is 16.3. The van der Waals surface area contributed by atoms with Crippen molar-refractivity contribution in [2.75, 3.05) is 25.3 Å². The number of anilines is 2. The summed E-state index contributed by atoms with van der Waals surface area (Å²) in [5.74, 6) is 1.75. The van der Waals surface area contributed by atoms with Crippen LogP contribution in [0.25, 0.3) is 0 Å². The Bertz CT molecular complexity index is 745. The fourth-order valence-corrected chi connectivity index (χ4v) is 2.52. The fourth-order valence-electron chi connectivity index (χ4n) is 2.52. The van der Waals surface area contributed by atoms with E-state index in [-0.39, 0.29) is 5.91 Å². The normalized spacial score (nSPS) is 16.1. The first-order chi connectivity index (χ1) is 11.1. The first-order valence-corrected chi connectivity index (χ1v) is 7.18. The fraction of sp³-hybridized carbons (Fsp3) is 0.235. The van der Waals surface area contributed by atoms with Gasteiger partial charge in [-0.3, -0.25) is 4.79 Å². The second-order valence-electron chi connectivity index (χ2n) is 5.23. The SMILES string of the molecule is COc1ccc(CC2Oc3ccc(N)cc3NC2=O)c(OC)c1. The Morgan fingerprint density at radius 2 is 2.00 bits per heavy atom. The average Bonchev–Trinajstić information content (AvgIpc) is 2.56. The number of hydrogen-bond donors (Lipinski definition) is 2. The Morgan fingerprint density at radius 3 is 2.74 bits per heavy atom. The van der Waals surface area contributed by atoms with Crippen LogP contribution in [-0.4, -0.2) is 26.2 Å². The molecule has 23 heavy (non-hydrogen) atoms. The number of rotatable bonds is 4. The van der Waals surface area contributed by atoms with Crippen LogP contribution < -0.4 is 25.3 Å². The topological polar surface area (TPSA) is 82.8 Å². The van der Waals surface area contributed by atoms with Gasteiger partial charge in [0.2, 0.25) is 0 Å². The molecule has 3 rings (SSSR count). The molecule has 3 N–H and O–H groups in total. The zero-order valence-electron chi connectivity index (χ0n) is 13.0. The van der Waals surface area contributed by atoms with Crippen LogP contribution in [0.15, 0.2) is 36.4 Å². The highest BCUT2D eigenvalue weighted by atomic mass is 16.5. The van der Waals surface area contributed by atoms with Crippen molar-refractivity contribution in [1.82, 2.24) is 0 Å². The molecule has 1 amide bonds. The number of ether oxygens (including phenoxy) is 3. The average molecular weight is 314 g/mol. The van der Waals surface area contributed by atoms with Gasteiger partial charge in [-0.15, -0.1) is 0 Å². The van der Waals surface area contributed by atoms with Crippen LogP contribution in [-0.2, 0) is 11.2 Å². The summed E-state index contributed by atoms with van der Waals surface area (Å²) in [4.78, 5) is 12.3. The molecular weight excluding hydrogens is 296 g/mol. The lowest BCUT2D eigenvalue weighted by Gasteiger charge is -2.26. The molecule has 0 aromatic heterocycles. The number of fused-ring (bicyclic) bond motifs is 1. The van der Waals surface area contributed by atoms with Crippen LogP contribution in [0.4, 0.5) is 11.4 Å². The van der Waals surface area contributed by atoms with Crippen molar-refractivity contribution in [2.24, 2.45) is 0 Å². The Balaban J connectivity index is 1.83. The van der Waals surface area contributed by atoms with Gasteiger partial charge in [0, 0.05) is 18.2 Å². The predicted molar refractivity (Wildman–Crippen MR) is 87.2 cm³/mol. The lowest BCUT2D eigenvalue weighted by Crippen LogP contribution is -2.38. The van der Waals surface area contributed by atoms with Crippen molar-refractivity contribution in [3.8, 4) is 17.2 Å². The van der Waals surface area contributed by atoms with E-state index >= 15 is 0 Å². The second-order valence-corrected chi connectivity index (χ2v) is 5.23. The van der Waals surface area contributed by atoms with Crippen LogP contribution in [0.2, 0.25) is 0 Å². The smallest absolute Gasteiger partial charge is 0.265 e. The van der Waals surface area contributed by atoms with E-state index in [1.54, 1.807) is 38.5 Å². The largest absolute Gasteiger partial charge is 0.497 e. The van der Waals surface area contributed by atoms with Gasteiger partial charge >= 0.3 is 0 Å². The van der Waals surface area contributed by atoms with Gasteiger partial charge in [-0.1, -0.05) is 6.07 Å². The van der Waals surface area contributed by atoms with Gasteiger partial charge in [0.15, 0.2) is 6.10 Å². The van der Waals surface area contributed by atoms with Crippen molar-refractivity contribution in [3.63, 3.8) is 0 Å². The number of carbonyl (C=O) groups is 1. The molecule has 1 atom stereocenters. The molecule has 0 spiro atoms. The van der Waals surface area contributed by atoms with Crippen molar-refractivity contribution >= 4 is 17.3 Å². The second kappa shape index (κ2) is 6.08. The van der Waals surface area contributed by atoms with Gasteiger partial charge in [0.25, 0.3) is 5.91 Å². The molecule has 0 bridgehead atoms. The lowest BCUT2D eigenvalue weighted by molar-refractivity contribution is -0.123. The molecule has 1 aliphatic heterocycles. The van der Waals surface area contributed by atoms with E-state index in [1.165, 1.54) is 0 Å². The maximum atomic E-state index is 12.3. The van der Waals surface area contributed by atoms with Gasteiger partial charge < -0.3 is 25.3 Å².